The van der Waals surface area contributed by atoms with E-state index in [0.717, 1.165) is 6.07 Å². The van der Waals surface area contributed by atoms with E-state index in [-0.39, 0.29) is 15.1 Å². The van der Waals surface area contributed by atoms with Gasteiger partial charge in [0.1, 0.15) is 0 Å². The number of rotatable bonds is 2. The number of carboxylic acid groups (broad SMARTS) is 2. The highest BCUT2D eigenvalue weighted by Gasteiger charge is 2.23. The molecule has 0 atom stereocenters. The van der Waals surface area contributed by atoms with Gasteiger partial charge < -0.3 is 10.2 Å². The highest BCUT2D eigenvalue weighted by molar-refractivity contribution is 6.49. The van der Waals surface area contributed by atoms with Crippen molar-refractivity contribution < 1.29 is 19.8 Å². The van der Waals surface area contributed by atoms with Crippen molar-refractivity contribution >= 4 is 46.7 Å². The Labute approximate surface area is 99.0 Å². The quantitative estimate of drug-likeness (QED) is 0.809. The summed E-state index contributed by atoms with van der Waals surface area (Å²) in [5.41, 5.74) is -1.07. The Bertz CT molecular complexity index is 456. The maximum absolute atomic E-state index is 10.8. The second kappa shape index (κ2) is 4.26. The van der Waals surface area contributed by atoms with Crippen molar-refractivity contribution in [1.29, 1.82) is 0 Å². The molecule has 0 aliphatic heterocycles. The van der Waals surface area contributed by atoms with Crippen LogP contribution < -0.4 is 0 Å². The maximum atomic E-state index is 10.8. The zero-order chi connectivity index (χ0) is 11.7. The fraction of sp³-hybridized carbons (Fsp3) is 0. The molecule has 0 saturated heterocycles. The van der Waals surface area contributed by atoms with Crippen LogP contribution in [-0.2, 0) is 0 Å². The summed E-state index contributed by atoms with van der Waals surface area (Å²) in [5.74, 6) is -2.91. The number of benzene rings is 1. The Hall–Kier alpha value is -0.970. The molecule has 4 nitrogen and oxygen atoms in total. The van der Waals surface area contributed by atoms with Crippen LogP contribution in [0.15, 0.2) is 6.07 Å². The highest BCUT2D eigenvalue weighted by atomic mass is 35.5. The molecule has 0 spiro atoms. The van der Waals surface area contributed by atoms with E-state index in [1.165, 1.54) is 0 Å². The molecule has 0 radical (unpaired) electrons. The molecular weight excluding hydrogens is 266 g/mol. The maximum Gasteiger partial charge on any atom is 0.338 e. The minimum Gasteiger partial charge on any atom is -0.478 e. The minimum absolute atomic E-state index is 0.107. The van der Waals surface area contributed by atoms with Crippen LogP contribution in [-0.4, -0.2) is 22.2 Å². The Morgan fingerprint density at radius 2 is 1.53 bits per heavy atom. The molecule has 0 amide bonds. The molecule has 0 heterocycles. The Balaban J connectivity index is 3.65. The lowest BCUT2D eigenvalue weighted by Crippen LogP contribution is -2.09. The van der Waals surface area contributed by atoms with E-state index in [1.807, 2.05) is 0 Å². The SMILES string of the molecule is O=C(O)c1cc(Cl)c(Cl)c(Cl)c1C(=O)O. The topological polar surface area (TPSA) is 74.6 Å². The van der Waals surface area contributed by atoms with E-state index < -0.39 is 23.1 Å². The molecule has 0 aliphatic rings. The van der Waals surface area contributed by atoms with Crippen LogP contribution in [0, 0.1) is 0 Å². The summed E-state index contributed by atoms with van der Waals surface area (Å²) in [4.78, 5) is 21.5. The van der Waals surface area contributed by atoms with Gasteiger partial charge in [-0.1, -0.05) is 34.8 Å². The molecule has 0 bridgehead atoms. The normalized spacial score (nSPS) is 10.1. The summed E-state index contributed by atoms with van der Waals surface area (Å²) in [6.45, 7) is 0. The van der Waals surface area contributed by atoms with E-state index in [4.69, 9.17) is 45.0 Å². The average Bonchev–Trinajstić information content (AvgIpc) is 2.12. The number of halogens is 3. The number of carbonyl (C=O) groups is 2. The van der Waals surface area contributed by atoms with Crippen molar-refractivity contribution in [3.8, 4) is 0 Å². The Kier molecular flexibility index (Phi) is 3.44. The predicted octanol–water partition coefficient (Wildman–Crippen LogP) is 3.04. The number of carboxylic acids is 2. The molecule has 15 heavy (non-hydrogen) atoms. The van der Waals surface area contributed by atoms with Gasteiger partial charge in [0.15, 0.2) is 0 Å². The fourth-order valence-corrected chi connectivity index (χ4v) is 1.66. The number of hydrogen-bond donors (Lipinski definition) is 2. The van der Waals surface area contributed by atoms with Gasteiger partial charge in [-0.3, -0.25) is 0 Å². The van der Waals surface area contributed by atoms with E-state index in [1.54, 1.807) is 0 Å². The molecule has 0 aromatic heterocycles. The first-order valence-corrected chi connectivity index (χ1v) is 4.63. The third-order valence-corrected chi connectivity index (χ3v) is 2.87. The van der Waals surface area contributed by atoms with E-state index in [2.05, 4.69) is 0 Å². The summed E-state index contributed by atoms with van der Waals surface area (Å²) in [5, 5.41) is 16.8. The number of hydrogen-bond acceptors (Lipinski definition) is 2. The molecule has 1 aromatic carbocycles. The lowest BCUT2D eigenvalue weighted by Gasteiger charge is -2.07. The Morgan fingerprint density at radius 3 is 1.93 bits per heavy atom. The van der Waals surface area contributed by atoms with Gasteiger partial charge >= 0.3 is 11.9 Å². The van der Waals surface area contributed by atoms with Crippen LogP contribution in [0.25, 0.3) is 0 Å². The van der Waals surface area contributed by atoms with Gasteiger partial charge in [-0.25, -0.2) is 9.59 Å². The van der Waals surface area contributed by atoms with Gasteiger partial charge in [0.25, 0.3) is 0 Å². The van der Waals surface area contributed by atoms with Crippen LogP contribution in [0.3, 0.4) is 0 Å². The fourth-order valence-electron chi connectivity index (χ4n) is 0.973. The molecule has 2 N–H and O–H groups in total. The lowest BCUT2D eigenvalue weighted by molar-refractivity contribution is 0.0651. The van der Waals surface area contributed by atoms with Crippen LogP contribution in [0.1, 0.15) is 20.7 Å². The summed E-state index contributed by atoms with van der Waals surface area (Å²) in [6, 6.07) is 0.946. The summed E-state index contributed by atoms with van der Waals surface area (Å²) in [7, 11) is 0. The van der Waals surface area contributed by atoms with Crippen molar-refractivity contribution in [1.82, 2.24) is 0 Å². The third kappa shape index (κ3) is 2.17. The monoisotopic (exact) mass is 268 g/mol. The van der Waals surface area contributed by atoms with Crippen LogP contribution in [0.2, 0.25) is 15.1 Å². The van der Waals surface area contributed by atoms with Crippen molar-refractivity contribution in [2.75, 3.05) is 0 Å². The molecule has 0 aliphatic carbocycles. The summed E-state index contributed by atoms with van der Waals surface area (Å²) >= 11 is 16.7. The summed E-state index contributed by atoms with van der Waals surface area (Å²) in [6.07, 6.45) is 0. The standard InChI is InChI=1S/C8H3Cl3O4/c9-3-1-2(7(12)13)4(8(14)15)6(11)5(3)10/h1H,(H,12,13)(H,14,15). The molecule has 0 unspecified atom stereocenters. The molecule has 80 valence electrons. The largest absolute Gasteiger partial charge is 0.478 e. The minimum atomic E-state index is -1.48. The molecular formula is C8H3Cl3O4. The van der Waals surface area contributed by atoms with Gasteiger partial charge in [-0.05, 0) is 6.07 Å². The number of aromatic carboxylic acids is 2. The first kappa shape index (κ1) is 12.1. The van der Waals surface area contributed by atoms with Gasteiger partial charge in [0, 0.05) is 0 Å². The van der Waals surface area contributed by atoms with Crippen LogP contribution in [0.4, 0.5) is 0 Å². The van der Waals surface area contributed by atoms with Crippen LogP contribution >= 0.6 is 34.8 Å². The summed E-state index contributed by atoms with van der Waals surface area (Å²) < 4.78 is 0. The first-order valence-electron chi connectivity index (χ1n) is 3.50. The van der Waals surface area contributed by atoms with Crippen molar-refractivity contribution in [2.45, 2.75) is 0 Å². The average molecular weight is 269 g/mol. The van der Waals surface area contributed by atoms with Crippen molar-refractivity contribution in [3.05, 3.63) is 32.3 Å². The zero-order valence-corrected chi connectivity index (χ0v) is 9.19. The van der Waals surface area contributed by atoms with Gasteiger partial charge in [0.2, 0.25) is 0 Å². The predicted molar refractivity (Wildman–Crippen MR) is 55.4 cm³/mol. The van der Waals surface area contributed by atoms with Crippen LogP contribution in [0.5, 0.6) is 0 Å². The smallest absolute Gasteiger partial charge is 0.338 e. The Morgan fingerprint density at radius 1 is 1.00 bits per heavy atom. The molecule has 0 fully saturated rings. The molecule has 7 heteroatoms. The third-order valence-electron chi connectivity index (χ3n) is 1.61. The zero-order valence-electron chi connectivity index (χ0n) is 6.92. The van der Waals surface area contributed by atoms with E-state index in [0.29, 0.717) is 0 Å². The van der Waals surface area contributed by atoms with Gasteiger partial charge in [-0.15, -0.1) is 0 Å². The van der Waals surface area contributed by atoms with Crippen molar-refractivity contribution in [2.24, 2.45) is 0 Å². The molecule has 0 saturated carbocycles. The first-order chi connectivity index (χ1) is 6.86. The second-order valence-electron chi connectivity index (χ2n) is 2.52. The van der Waals surface area contributed by atoms with Gasteiger partial charge in [-0.2, -0.15) is 0 Å². The lowest BCUT2D eigenvalue weighted by atomic mass is 10.1. The van der Waals surface area contributed by atoms with E-state index >= 15 is 0 Å². The highest BCUT2D eigenvalue weighted by Crippen LogP contribution is 2.35. The second-order valence-corrected chi connectivity index (χ2v) is 3.68. The van der Waals surface area contributed by atoms with Gasteiger partial charge in [0.05, 0.1) is 26.2 Å². The van der Waals surface area contributed by atoms with E-state index in [9.17, 15) is 9.59 Å². The van der Waals surface area contributed by atoms with Crippen molar-refractivity contribution in [3.63, 3.8) is 0 Å². The molecule has 1 aromatic rings. The molecule has 1 rings (SSSR count).